The summed E-state index contributed by atoms with van der Waals surface area (Å²) in [4.78, 5) is 10.8. The lowest BCUT2D eigenvalue weighted by atomic mass is 10.3. The molecule has 0 N–H and O–H groups in total. The molecule has 0 aromatic carbocycles. The van der Waals surface area contributed by atoms with Gasteiger partial charge in [0, 0.05) is 30.0 Å². The number of rotatable bonds is 4. The number of hydrogen-bond acceptors (Lipinski definition) is 3. The summed E-state index contributed by atoms with van der Waals surface area (Å²) >= 11 is 3.38. The van der Waals surface area contributed by atoms with Gasteiger partial charge in [-0.1, -0.05) is 6.07 Å². The smallest absolute Gasteiger partial charge is 0.0544 e. The summed E-state index contributed by atoms with van der Waals surface area (Å²) in [7, 11) is 2.07. The van der Waals surface area contributed by atoms with Crippen molar-refractivity contribution in [3.05, 3.63) is 58.6 Å². The van der Waals surface area contributed by atoms with Gasteiger partial charge in [0.1, 0.15) is 0 Å². The van der Waals surface area contributed by atoms with Crippen molar-refractivity contribution < 1.29 is 0 Å². The molecule has 0 fully saturated rings. The molecule has 0 aliphatic carbocycles. The van der Waals surface area contributed by atoms with Crippen LogP contribution in [0.25, 0.3) is 0 Å². The Morgan fingerprint density at radius 2 is 1.82 bits per heavy atom. The van der Waals surface area contributed by atoms with Gasteiger partial charge in [-0.25, -0.2) is 0 Å². The molecule has 0 saturated carbocycles. The zero-order valence-electron chi connectivity index (χ0n) is 9.68. The van der Waals surface area contributed by atoms with E-state index in [0.29, 0.717) is 0 Å². The van der Waals surface area contributed by atoms with E-state index in [1.807, 2.05) is 42.7 Å². The summed E-state index contributed by atoms with van der Waals surface area (Å²) in [6.07, 6.45) is 3.64. The molecule has 0 atom stereocenters. The van der Waals surface area contributed by atoms with Gasteiger partial charge in [-0.15, -0.1) is 0 Å². The average Bonchev–Trinajstić information content (AvgIpc) is 2.33. The molecular formula is C13H14BrN3. The fourth-order valence-corrected chi connectivity index (χ4v) is 1.84. The van der Waals surface area contributed by atoms with E-state index >= 15 is 0 Å². The molecule has 17 heavy (non-hydrogen) atoms. The first-order chi connectivity index (χ1) is 8.24. The van der Waals surface area contributed by atoms with Gasteiger partial charge < -0.3 is 0 Å². The van der Waals surface area contributed by atoms with Gasteiger partial charge in [0.2, 0.25) is 0 Å². The van der Waals surface area contributed by atoms with Crippen molar-refractivity contribution in [1.29, 1.82) is 0 Å². The molecular weight excluding hydrogens is 278 g/mol. The molecule has 2 aromatic rings. The second kappa shape index (κ2) is 5.89. The molecule has 0 bridgehead atoms. The van der Waals surface area contributed by atoms with Crippen molar-refractivity contribution in [2.45, 2.75) is 13.1 Å². The average molecular weight is 292 g/mol. The van der Waals surface area contributed by atoms with Gasteiger partial charge in [0.25, 0.3) is 0 Å². The molecule has 2 heterocycles. The van der Waals surface area contributed by atoms with E-state index in [4.69, 9.17) is 0 Å². The molecule has 0 aliphatic heterocycles. The molecule has 88 valence electrons. The van der Waals surface area contributed by atoms with Crippen molar-refractivity contribution in [2.75, 3.05) is 7.05 Å². The molecule has 0 unspecified atom stereocenters. The maximum atomic E-state index is 4.35. The second-order valence-electron chi connectivity index (χ2n) is 3.96. The minimum absolute atomic E-state index is 0.823. The highest BCUT2D eigenvalue weighted by Crippen LogP contribution is 2.09. The quantitative estimate of drug-likeness (QED) is 0.867. The van der Waals surface area contributed by atoms with Gasteiger partial charge >= 0.3 is 0 Å². The molecule has 0 spiro atoms. The van der Waals surface area contributed by atoms with Crippen LogP contribution in [0.4, 0.5) is 0 Å². The molecule has 0 saturated heterocycles. The van der Waals surface area contributed by atoms with Gasteiger partial charge in [-0.3, -0.25) is 14.9 Å². The number of pyridine rings is 2. The Kier molecular flexibility index (Phi) is 4.23. The number of nitrogens with zero attached hydrogens (tertiary/aromatic N) is 3. The van der Waals surface area contributed by atoms with Gasteiger partial charge in [-0.2, -0.15) is 0 Å². The van der Waals surface area contributed by atoms with Crippen LogP contribution in [-0.4, -0.2) is 21.9 Å². The highest BCUT2D eigenvalue weighted by atomic mass is 79.9. The molecule has 0 amide bonds. The molecule has 0 aliphatic rings. The fraction of sp³-hybridized carbons (Fsp3) is 0.231. The first-order valence-electron chi connectivity index (χ1n) is 5.43. The van der Waals surface area contributed by atoms with Crippen LogP contribution in [-0.2, 0) is 13.1 Å². The van der Waals surface area contributed by atoms with Gasteiger partial charge in [0.05, 0.1) is 11.4 Å². The molecule has 3 nitrogen and oxygen atoms in total. The monoisotopic (exact) mass is 291 g/mol. The summed E-state index contributed by atoms with van der Waals surface area (Å²) in [5.41, 5.74) is 2.14. The van der Waals surface area contributed by atoms with Crippen molar-refractivity contribution in [3.8, 4) is 0 Å². The zero-order valence-corrected chi connectivity index (χ0v) is 11.3. The van der Waals surface area contributed by atoms with Crippen LogP contribution in [0.2, 0.25) is 0 Å². The Balaban J connectivity index is 1.93. The Morgan fingerprint density at radius 3 is 2.41 bits per heavy atom. The van der Waals surface area contributed by atoms with Crippen molar-refractivity contribution in [3.63, 3.8) is 0 Å². The Morgan fingerprint density at radius 1 is 1.06 bits per heavy atom. The van der Waals surface area contributed by atoms with Crippen LogP contribution in [0.5, 0.6) is 0 Å². The highest BCUT2D eigenvalue weighted by molar-refractivity contribution is 9.10. The van der Waals surface area contributed by atoms with E-state index in [2.05, 4.69) is 37.8 Å². The van der Waals surface area contributed by atoms with E-state index in [-0.39, 0.29) is 0 Å². The van der Waals surface area contributed by atoms with Gasteiger partial charge in [0.15, 0.2) is 0 Å². The maximum Gasteiger partial charge on any atom is 0.0544 e. The zero-order chi connectivity index (χ0) is 12.1. The topological polar surface area (TPSA) is 29.0 Å². The van der Waals surface area contributed by atoms with Crippen LogP contribution in [0, 0.1) is 0 Å². The van der Waals surface area contributed by atoms with Gasteiger partial charge in [-0.05, 0) is 47.2 Å². The third-order valence-electron chi connectivity index (χ3n) is 2.38. The van der Waals surface area contributed by atoms with Crippen LogP contribution < -0.4 is 0 Å². The fourth-order valence-electron chi connectivity index (χ4n) is 1.60. The summed E-state index contributed by atoms with van der Waals surface area (Å²) in [5.74, 6) is 0. The Labute approximate surface area is 110 Å². The number of halogens is 1. The molecule has 0 radical (unpaired) electrons. The largest absolute Gasteiger partial charge is 0.295 e. The predicted molar refractivity (Wildman–Crippen MR) is 71.3 cm³/mol. The summed E-state index contributed by atoms with van der Waals surface area (Å²) in [6, 6.07) is 10.0. The maximum absolute atomic E-state index is 4.35. The summed E-state index contributed by atoms with van der Waals surface area (Å²) in [5, 5.41) is 0. The van der Waals surface area contributed by atoms with E-state index in [1.165, 1.54) is 0 Å². The van der Waals surface area contributed by atoms with E-state index < -0.39 is 0 Å². The Hall–Kier alpha value is -1.26. The highest BCUT2D eigenvalue weighted by Gasteiger charge is 2.03. The number of hydrogen-bond donors (Lipinski definition) is 0. The standard InChI is InChI=1S/C13H14BrN3/c1-17(9-12-4-2-3-7-15-12)10-13-6-5-11(14)8-16-13/h2-8H,9-10H2,1H3. The third kappa shape index (κ3) is 3.91. The third-order valence-corrected chi connectivity index (χ3v) is 2.85. The predicted octanol–water partition coefficient (Wildman–Crippen LogP) is 2.87. The lowest BCUT2D eigenvalue weighted by Crippen LogP contribution is -2.18. The molecule has 2 aromatic heterocycles. The SMILES string of the molecule is CN(Cc1ccccn1)Cc1ccc(Br)cn1. The van der Waals surface area contributed by atoms with Crippen LogP contribution in [0.1, 0.15) is 11.4 Å². The molecule has 4 heteroatoms. The summed E-state index contributed by atoms with van der Waals surface area (Å²) in [6.45, 7) is 1.66. The summed E-state index contributed by atoms with van der Waals surface area (Å²) < 4.78 is 1.01. The van der Waals surface area contributed by atoms with Crippen molar-refractivity contribution in [1.82, 2.24) is 14.9 Å². The lowest BCUT2D eigenvalue weighted by molar-refractivity contribution is 0.311. The minimum atomic E-state index is 0.823. The van der Waals surface area contributed by atoms with E-state index in [0.717, 1.165) is 29.0 Å². The van der Waals surface area contributed by atoms with E-state index in [9.17, 15) is 0 Å². The van der Waals surface area contributed by atoms with Crippen molar-refractivity contribution in [2.24, 2.45) is 0 Å². The first-order valence-corrected chi connectivity index (χ1v) is 6.22. The second-order valence-corrected chi connectivity index (χ2v) is 4.88. The minimum Gasteiger partial charge on any atom is -0.295 e. The van der Waals surface area contributed by atoms with Crippen LogP contribution >= 0.6 is 15.9 Å². The van der Waals surface area contributed by atoms with E-state index in [1.54, 1.807) is 0 Å². The van der Waals surface area contributed by atoms with Crippen molar-refractivity contribution >= 4 is 15.9 Å². The normalized spacial score (nSPS) is 10.8. The lowest BCUT2D eigenvalue weighted by Gasteiger charge is -2.15. The Bertz CT molecular complexity index is 456. The first kappa shape index (κ1) is 12.2. The van der Waals surface area contributed by atoms with Crippen LogP contribution in [0.15, 0.2) is 47.2 Å². The van der Waals surface area contributed by atoms with Crippen LogP contribution in [0.3, 0.4) is 0 Å². The molecule has 2 rings (SSSR count). The number of aromatic nitrogens is 2.